The van der Waals surface area contributed by atoms with Crippen molar-refractivity contribution in [3.63, 3.8) is 0 Å². The number of carbonyl (C=O) groups excluding carboxylic acids is 1. The van der Waals surface area contributed by atoms with Crippen LogP contribution in [-0.4, -0.2) is 20.4 Å². The molecule has 0 radical (unpaired) electrons. The zero-order valence-electron chi connectivity index (χ0n) is 11.1. The smallest absolute Gasteiger partial charge is 0.261 e. The number of nitrogens with one attached hydrogen (secondary N) is 1. The Morgan fingerprint density at radius 2 is 2.00 bits per heavy atom. The summed E-state index contributed by atoms with van der Waals surface area (Å²) in [5, 5.41) is 2.89. The quantitative estimate of drug-likeness (QED) is 0.819. The molecular formula is C13H15BrClNO3S. The van der Waals surface area contributed by atoms with Crippen LogP contribution in [-0.2, 0) is 9.05 Å². The maximum atomic E-state index is 12.1. The number of amides is 1. The highest BCUT2D eigenvalue weighted by Crippen LogP contribution is 2.29. The van der Waals surface area contributed by atoms with E-state index in [4.69, 9.17) is 10.7 Å². The Bertz CT molecular complexity index is 654. The lowest BCUT2D eigenvalue weighted by molar-refractivity contribution is 0.0896. The molecule has 1 aromatic rings. The van der Waals surface area contributed by atoms with Gasteiger partial charge in [-0.25, -0.2) is 8.42 Å². The second-order valence-corrected chi connectivity index (χ2v) is 8.65. The van der Waals surface area contributed by atoms with E-state index in [2.05, 4.69) is 28.2 Å². The van der Waals surface area contributed by atoms with Gasteiger partial charge in [0.2, 0.25) is 0 Å². The SMILES string of the molecule is Cc1c(Br)cc(C(=O)NC2CC(C)C2)cc1S(=O)(=O)Cl. The molecule has 110 valence electrons. The van der Waals surface area contributed by atoms with Gasteiger partial charge in [0, 0.05) is 26.8 Å². The minimum Gasteiger partial charge on any atom is -0.349 e. The van der Waals surface area contributed by atoms with E-state index in [1.54, 1.807) is 13.0 Å². The van der Waals surface area contributed by atoms with Crippen molar-refractivity contribution in [1.29, 1.82) is 0 Å². The van der Waals surface area contributed by atoms with E-state index in [1.165, 1.54) is 6.07 Å². The largest absolute Gasteiger partial charge is 0.349 e. The van der Waals surface area contributed by atoms with Gasteiger partial charge in [0.05, 0.1) is 4.90 Å². The fourth-order valence-corrected chi connectivity index (χ4v) is 4.14. The van der Waals surface area contributed by atoms with E-state index in [9.17, 15) is 13.2 Å². The Morgan fingerprint density at radius 1 is 1.40 bits per heavy atom. The monoisotopic (exact) mass is 379 g/mol. The molecule has 0 heterocycles. The number of hydrogen-bond donors (Lipinski definition) is 1. The summed E-state index contributed by atoms with van der Waals surface area (Å²) in [7, 11) is 1.52. The number of hydrogen-bond acceptors (Lipinski definition) is 3. The summed E-state index contributed by atoms with van der Waals surface area (Å²) < 4.78 is 23.6. The van der Waals surface area contributed by atoms with E-state index in [0.29, 0.717) is 21.5 Å². The van der Waals surface area contributed by atoms with E-state index in [-0.39, 0.29) is 16.8 Å². The number of rotatable bonds is 3. The molecule has 1 aliphatic rings. The van der Waals surface area contributed by atoms with Crippen molar-refractivity contribution in [3.8, 4) is 0 Å². The number of carbonyl (C=O) groups is 1. The molecule has 0 atom stereocenters. The van der Waals surface area contributed by atoms with Gasteiger partial charge in [0.1, 0.15) is 0 Å². The third kappa shape index (κ3) is 3.35. The molecule has 1 amide bonds. The molecule has 2 rings (SSSR count). The molecule has 0 saturated heterocycles. The second-order valence-electron chi connectivity index (χ2n) is 5.27. The Hall–Kier alpha value is -0.590. The predicted molar refractivity (Wildman–Crippen MR) is 81.6 cm³/mol. The normalized spacial score (nSPS) is 22.2. The molecule has 4 nitrogen and oxygen atoms in total. The first kappa shape index (κ1) is 15.8. The van der Waals surface area contributed by atoms with E-state index in [0.717, 1.165) is 12.8 Å². The van der Waals surface area contributed by atoms with E-state index < -0.39 is 9.05 Å². The molecule has 20 heavy (non-hydrogen) atoms. The highest BCUT2D eigenvalue weighted by atomic mass is 79.9. The van der Waals surface area contributed by atoms with Crippen molar-refractivity contribution in [2.24, 2.45) is 5.92 Å². The van der Waals surface area contributed by atoms with Crippen LogP contribution in [0.3, 0.4) is 0 Å². The molecule has 1 fully saturated rings. The Kier molecular flexibility index (Phi) is 4.47. The molecule has 1 saturated carbocycles. The number of halogens is 2. The summed E-state index contributed by atoms with van der Waals surface area (Å²) in [5.41, 5.74) is 0.787. The highest BCUT2D eigenvalue weighted by Gasteiger charge is 2.27. The van der Waals surface area contributed by atoms with Crippen molar-refractivity contribution in [2.45, 2.75) is 37.6 Å². The first-order valence-electron chi connectivity index (χ1n) is 6.24. The van der Waals surface area contributed by atoms with Crippen LogP contribution >= 0.6 is 26.6 Å². The van der Waals surface area contributed by atoms with Crippen molar-refractivity contribution in [1.82, 2.24) is 5.32 Å². The Morgan fingerprint density at radius 3 is 2.50 bits per heavy atom. The zero-order chi connectivity index (χ0) is 15.1. The van der Waals surface area contributed by atoms with Gasteiger partial charge in [-0.3, -0.25) is 4.79 Å². The molecule has 0 unspecified atom stereocenters. The maximum absolute atomic E-state index is 12.1. The van der Waals surface area contributed by atoms with Crippen LogP contribution < -0.4 is 5.32 Å². The summed E-state index contributed by atoms with van der Waals surface area (Å²) in [4.78, 5) is 12.1. The average molecular weight is 381 g/mol. The maximum Gasteiger partial charge on any atom is 0.261 e. The van der Waals surface area contributed by atoms with Crippen LogP contribution in [0.4, 0.5) is 0 Å². The lowest BCUT2D eigenvalue weighted by Gasteiger charge is -2.33. The fraction of sp³-hybridized carbons (Fsp3) is 0.462. The molecule has 0 bridgehead atoms. The summed E-state index contributed by atoms with van der Waals surface area (Å²) in [6, 6.07) is 3.10. The lowest BCUT2D eigenvalue weighted by Crippen LogP contribution is -2.43. The van der Waals surface area contributed by atoms with Crippen LogP contribution in [0.15, 0.2) is 21.5 Å². The second kappa shape index (κ2) is 5.66. The van der Waals surface area contributed by atoms with Crippen molar-refractivity contribution in [2.75, 3.05) is 0 Å². The van der Waals surface area contributed by atoms with Crippen LogP contribution in [0, 0.1) is 12.8 Å². The highest BCUT2D eigenvalue weighted by molar-refractivity contribution is 9.10. The van der Waals surface area contributed by atoms with Gasteiger partial charge in [-0.15, -0.1) is 0 Å². The van der Waals surface area contributed by atoms with Gasteiger partial charge in [-0.2, -0.15) is 0 Å². The molecule has 1 N–H and O–H groups in total. The van der Waals surface area contributed by atoms with Gasteiger partial charge in [-0.1, -0.05) is 22.9 Å². The summed E-state index contributed by atoms with van der Waals surface area (Å²) in [6.45, 7) is 3.76. The Balaban J connectivity index is 2.28. The molecule has 7 heteroatoms. The lowest BCUT2D eigenvalue weighted by atomic mass is 9.82. The molecular weight excluding hydrogens is 366 g/mol. The topological polar surface area (TPSA) is 63.2 Å². The van der Waals surface area contributed by atoms with Crippen molar-refractivity contribution in [3.05, 3.63) is 27.7 Å². The van der Waals surface area contributed by atoms with Crippen LogP contribution in [0.2, 0.25) is 0 Å². The first-order chi connectivity index (χ1) is 9.18. The van der Waals surface area contributed by atoms with Gasteiger partial charge in [-0.05, 0) is 43.4 Å². The Labute approximate surface area is 131 Å². The van der Waals surface area contributed by atoms with E-state index in [1.807, 2.05) is 0 Å². The molecule has 1 aliphatic carbocycles. The summed E-state index contributed by atoms with van der Waals surface area (Å²) >= 11 is 3.26. The molecule has 0 aromatic heterocycles. The molecule has 0 aliphatic heterocycles. The van der Waals surface area contributed by atoms with Crippen LogP contribution in [0.25, 0.3) is 0 Å². The minimum absolute atomic E-state index is 0.0410. The molecule has 1 aromatic carbocycles. The van der Waals surface area contributed by atoms with Crippen LogP contribution in [0.5, 0.6) is 0 Å². The summed E-state index contributed by atoms with van der Waals surface area (Å²) in [6.07, 6.45) is 1.92. The average Bonchev–Trinajstić information content (AvgIpc) is 2.28. The molecule has 0 spiro atoms. The third-order valence-corrected chi connectivity index (χ3v) is 5.80. The predicted octanol–water partition coefficient (Wildman–Crippen LogP) is 3.21. The van der Waals surface area contributed by atoms with Gasteiger partial charge >= 0.3 is 0 Å². The fourth-order valence-electron chi connectivity index (χ4n) is 2.33. The van der Waals surface area contributed by atoms with Crippen molar-refractivity contribution >= 4 is 41.6 Å². The van der Waals surface area contributed by atoms with Gasteiger partial charge in [0.15, 0.2) is 0 Å². The third-order valence-electron chi connectivity index (χ3n) is 3.53. The summed E-state index contributed by atoms with van der Waals surface area (Å²) in [5.74, 6) is 0.355. The zero-order valence-corrected chi connectivity index (χ0v) is 14.3. The minimum atomic E-state index is -3.88. The first-order valence-corrected chi connectivity index (χ1v) is 9.34. The van der Waals surface area contributed by atoms with E-state index >= 15 is 0 Å². The van der Waals surface area contributed by atoms with Crippen LogP contribution in [0.1, 0.15) is 35.7 Å². The standard InChI is InChI=1S/C13H15BrClNO3S/c1-7-3-10(4-7)16-13(17)9-5-11(14)8(2)12(6-9)20(15,18)19/h5-7,10H,3-4H2,1-2H3,(H,16,17). The van der Waals surface area contributed by atoms with Crippen molar-refractivity contribution < 1.29 is 13.2 Å². The number of benzene rings is 1. The van der Waals surface area contributed by atoms with Gasteiger partial charge < -0.3 is 5.32 Å². The van der Waals surface area contributed by atoms with Gasteiger partial charge in [0.25, 0.3) is 15.0 Å².